The smallest absolute Gasteiger partial charge is 0.250 e. The Kier molecular flexibility index (Phi) is 3.92. The average molecular weight is 348 g/mol. The highest BCUT2D eigenvalue weighted by Gasteiger charge is 2.35. The standard InChI is InChI=1S/C17H18ClN3O3/c18-15-7-13(24-19-15)4-5-16(22)20-8-11-6-12(10-20)14-2-1-3-17(23)21(14)9-11/h1-3,7,11-12H,4-6,8-10H2/t11-,12+/m0/s1. The molecule has 0 unspecified atom stereocenters. The largest absolute Gasteiger partial charge is 0.360 e. The molecule has 1 fully saturated rings. The van der Waals surface area contributed by atoms with Crippen molar-refractivity contribution < 1.29 is 9.32 Å². The van der Waals surface area contributed by atoms with Gasteiger partial charge in [-0.3, -0.25) is 9.59 Å². The van der Waals surface area contributed by atoms with Crippen molar-refractivity contribution in [1.29, 1.82) is 0 Å². The Bertz CT molecular complexity index is 828. The molecule has 24 heavy (non-hydrogen) atoms. The maximum absolute atomic E-state index is 12.6. The van der Waals surface area contributed by atoms with Crippen LogP contribution in [-0.4, -0.2) is 33.6 Å². The number of aryl methyl sites for hydroxylation is 1. The lowest BCUT2D eigenvalue weighted by Gasteiger charge is -2.42. The topological polar surface area (TPSA) is 68.3 Å². The van der Waals surface area contributed by atoms with E-state index in [1.165, 1.54) is 0 Å². The molecular formula is C17H18ClN3O3. The molecule has 6 nitrogen and oxygen atoms in total. The fraction of sp³-hybridized carbons (Fsp3) is 0.471. The summed E-state index contributed by atoms with van der Waals surface area (Å²) in [6.07, 6.45) is 1.93. The van der Waals surface area contributed by atoms with Gasteiger partial charge in [0.1, 0.15) is 5.76 Å². The van der Waals surface area contributed by atoms with Gasteiger partial charge in [0.2, 0.25) is 5.91 Å². The quantitative estimate of drug-likeness (QED) is 0.852. The number of carbonyl (C=O) groups is 1. The first kappa shape index (κ1) is 15.4. The van der Waals surface area contributed by atoms with E-state index in [0.717, 1.165) is 12.1 Å². The van der Waals surface area contributed by atoms with Gasteiger partial charge in [-0.15, -0.1) is 0 Å². The molecule has 0 aromatic carbocycles. The van der Waals surface area contributed by atoms with Crippen LogP contribution in [0.1, 0.15) is 30.2 Å². The molecule has 2 aliphatic rings. The summed E-state index contributed by atoms with van der Waals surface area (Å²) in [5.41, 5.74) is 1.11. The van der Waals surface area contributed by atoms with Crippen molar-refractivity contribution in [2.75, 3.05) is 13.1 Å². The number of carbonyl (C=O) groups excluding carboxylic acids is 1. The van der Waals surface area contributed by atoms with Crippen LogP contribution in [0.5, 0.6) is 0 Å². The third-order valence-corrected chi connectivity index (χ3v) is 5.13. The number of amides is 1. The lowest BCUT2D eigenvalue weighted by Crippen LogP contribution is -2.49. The van der Waals surface area contributed by atoms with Crippen molar-refractivity contribution in [3.8, 4) is 0 Å². The number of halogens is 1. The Morgan fingerprint density at radius 2 is 2.21 bits per heavy atom. The summed E-state index contributed by atoms with van der Waals surface area (Å²) in [6, 6.07) is 7.06. The fourth-order valence-electron chi connectivity index (χ4n) is 3.89. The Labute approximate surface area is 144 Å². The van der Waals surface area contributed by atoms with E-state index in [4.69, 9.17) is 16.1 Å². The summed E-state index contributed by atoms with van der Waals surface area (Å²) >= 11 is 5.72. The van der Waals surface area contributed by atoms with Gasteiger partial charge in [0.25, 0.3) is 5.56 Å². The number of nitrogens with zero attached hydrogens (tertiary/aromatic N) is 3. The third kappa shape index (κ3) is 2.86. The maximum Gasteiger partial charge on any atom is 0.250 e. The molecule has 2 atom stereocenters. The highest BCUT2D eigenvalue weighted by Crippen LogP contribution is 2.35. The van der Waals surface area contributed by atoms with Gasteiger partial charge in [-0.2, -0.15) is 0 Å². The Hall–Kier alpha value is -2.08. The van der Waals surface area contributed by atoms with Gasteiger partial charge in [0.15, 0.2) is 5.15 Å². The zero-order valence-electron chi connectivity index (χ0n) is 13.2. The number of hydrogen-bond acceptors (Lipinski definition) is 4. The molecule has 4 rings (SSSR count). The number of rotatable bonds is 3. The minimum absolute atomic E-state index is 0.0594. The zero-order chi connectivity index (χ0) is 16.7. The minimum Gasteiger partial charge on any atom is -0.360 e. The molecule has 126 valence electrons. The molecule has 0 saturated carbocycles. The predicted molar refractivity (Wildman–Crippen MR) is 88.0 cm³/mol. The summed E-state index contributed by atoms with van der Waals surface area (Å²) < 4.78 is 6.92. The molecule has 0 aliphatic carbocycles. The lowest BCUT2D eigenvalue weighted by atomic mass is 9.83. The van der Waals surface area contributed by atoms with Gasteiger partial charge >= 0.3 is 0 Å². The third-order valence-electron chi connectivity index (χ3n) is 4.95. The fourth-order valence-corrected chi connectivity index (χ4v) is 4.05. The lowest BCUT2D eigenvalue weighted by molar-refractivity contribution is -0.134. The monoisotopic (exact) mass is 347 g/mol. The van der Waals surface area contributed by atoms with Gasteiger partial charge in [0.05, 0.1) is 0 Å². The van der Waals surface area contributed by atoms with Crippen LogP contribution in [0, 0.1) is 5.92 Å². The molecule has 2 bridgehead atoms. The molecule has 7 heteroatoms. The van der Waals surface area contributed by atoms with E-state index >= 15 is 0 Å². The SMILES string of the molecule is O=C(CCc1cc(Cl)no1)N1C[C@@H]2C[C@H](C1)c1cccc(=O)n1C2. The summed E-state index contributed by atoms with van der Waals surface area (Å²) in [5, 5.41) is 3.93. The molecule has 2 aromatic heterocycles. The van der Waals surface area contributed by atoms with E-state index in [1.807, 2.05) is 21.6 Å². The van der Waals surface area contributed by atoms with Gasteiger partial charge < -0.3 is 14.0 Å². The highest BCUT2D eigenvalue weighted by atomic mass is 35.5. The highest BCUT2D eigenvalue weighted by molar-refractivity contribution is 6.29. The summed E-state index contributed by atoms with van der Waals surface area (Å²) in [7, 11) is 0. The Balaban J connectivity index is 1.45. The first-order valence-electron chi connectivity index (χ1n) is 8.19. The Morgan fingerprint density at radius 3 is 3.00 bits per heavy atom. The molecule has 1 saturated heterocycles. The molecule has 0 spiro atoms. The van der Waals surface area contributed by atoms with E-state index in [0.29, 0.717) is 49.3 Å². The van der Waals surface area contributed by atoms with E-state index < -0.39 is 0 Å². The van der Waals surface area contributed by atoms with E-state index in [1.54, 1.807) is 12.1 Å². The van der Waals surface area contributed by atoms with Crippen molar-refractivity contribution in [3.63, 3.8) is 0 Å². The normalized spacial score (nSPS) is 22.3. The number of pyridine rings is 1. The summed E-state index contributed by atoms with van der Waals surface area (Å²) in [4.78, 5) is 26.5. The van der Waals surface area contributed by atoms with Crippen LogP contribution in [0.3, 0.4) is 0 Å². The van der Waals surface area contributed by atoms with E-state index in [-0.39, 0.29) is 17.4 Å². The number of piperidine rings is 1. The van der Waals surface area contributed by atoms with Crippen molar-refractivity contribution in [2.45, 2.75) is 31.7 Å². The van der Waals surface area contributed by atoms with E-state index in [2.05, 4.69) is 5.16 Å². The first-order chi connectivity index (χ1) is 11.6. The van der Waals surface area contributed by atoms with Crippen LogP contribution in [0.4, 0.5) is 0 Å². The molecule has 0 N–H and O–H groups in total. The predicted octanol–water partition coefficient (Wildman–Crippen LogP) is 2.07. The second-order valence-corrected chi connectivity index (χ2v) is 7.00. The van der Waals surface area contributed by atoms with Gasteiger partial charge in [0, 0.05) is 56.2 Å². The second kappa shape index (κ2) is 6.09. The van der Waals surface area contributed by atoms with Gasteiger partial charge in [-0.1, -0.05) is 22.8 Å². The van der Waals surface area contributed by atoms with Crippen LogP contribution in [-0.2, 0) is 17.8 Å². The van der Waals surface area contributed by atoms with Crippen LogP contribution < -0.4 is 5.56 Å². The molecular weight excluding hydrogens is 330 g/mol. The van der Waals surface area contributed by atoms with Crippen LogP contribution in [0.15, 0.2) is 33.6 Å². The number of aromatic nitrogens is 2. The number of hydrogen-bond donors (Lipinski definition) is 0. The van der Waals surface area contributed by atoms with E-state index in [9.17, 15) is 9.59 Å². The molecule has 4 heterocycles. The second-order valence-electron chi connectivity index (χ2n) is 6.61. The Morgan fingerprint density at radius 1 is 1.33 bits per heavy atom. The van der Waals surface area contributed by atoms with Crippen molar-refractivity contribution in [2.24, 2.45) is 5.92 Å². The number of likely N-dealkylation sites (tertiary alicyclic amines) is 1. The average Bonchev–Trinajstić information content (AvgIpc) is 2.99. The summed E-state index contributed by atoms with van der Waals surface area (Å²) in [5.74, 6) is 1.33. The van der Waals surface area contributed by atoms with Crippen molar-refractivity contribution in [1.82, 2.24) is 14.6 Å². The summed E-state index contributed by atoms with van der Waals surface area (Å²) in [6.45, 7) is 2.09. The molecule has 0 radical (unpaired) electrons. The van der Waals surface area contributed by atoms with Crippen molar-refractivity contribution in [3.05, 3.63) is 51.2 Å². The zero-order valence-corrected chi connectivity index (χ0v) is 13.9. The maximum atomic E-state index is 12.6. The molecule has 1 amide bonds. The van der Waals surface area contributed by atoms with Gasteiger partial charge in [-0.05, 0) is 18.4 Å². The number of fused-ring (bicyclic) bond motifs is 4. The van der Waals surface area contributed by atoms with Crippen molar-refractivity contribution >= 4 is 17.5 Å². The van der Waals surface area contributed by atoms with Crippen LogP contribution in [0.2, 0.25) is 5.15 Å². The first-order valence-corrected chi connectivity index (χ1v) is 8.56. The molecule has 2 aromatic rings. The minimum atomic E-state index is 0.0594. The van der Waals surface area contributed by atoms with Gasteiger partial charge in [-0.25, -0.2) is 0 Å². The van der Waals surface area contributed by atoms with Crippen LogP contribution in [0.25, 0.3) is 0 Å². The molecule has 2 aliphatic heterocycles. The van der Waals surface area contributed by atoms with Crippen LogP contribution >= 0.6 is 11.6 Å².